The van der Waals surface area contributed by atoms with Gasteiger partial charge in [-0.25, -0.2) is 17.8 Å². The Morgan fingerprint density at radius 2 is 1.68 bits per heavy atom. The molecule has 3 aromatic carbocycles. The van der Waals surface area contributed by atoms with Crippen molar-refractivity contribution >= 4 is 62.5 Å². The molecule has 4 aromatic rings. The van der Waals surface area contributed by atoms with Gasteiger partial charge in [0.2, 0.25) is 27.8 Å². The molecule has 0 radical (unpaired) electrons. The van der Waals surface area contributed by atoms with E-state index in [9.17, 15) is 40.8 Å². The van der Waals surface area contributed by atoms with Crippen molar-refractivity contribution in [2.45, 2.75) is 38.1 Å². The van der Waals surface area contributed by atoms with Crippen LogP contribution in [-0.2, 0) is 38.9 Å². The molecule has 1 saturated heterocycles. The number of nitrogens with zero attached hydrogens (tertiary/aromatic N) is 4. The number of imide groups is 2. The van der Waals surface area contributed by atoms with Crippen LogP contribution in [0.2, 0.25) is 0 Å². The summed E-state index contributed by atoms with van der Waals surface area (Å²) in [5.74, 6) is -4.73. The highest BCUT2D eigenvalue weighted by Gasteiger charge is 2.46. The second kappa shape index (κ2) is 14.1. The molecule has 0 saturated carbocycles. The van der Waals surface area contributed by atoms with Crippen molar-refractivity contribution in [3.05, 3.63) is 100 Å². The number of anilines is 5. The van der Waals surface area contributed by atoms with Crippen LogP contribution in [0.3, 0.4) is 0 Å². The lowest BCUT2D eigenvalue weighted by Crippen LogP contribution is -2.54. The Morgan fingerprint density at radius 3 is 2.36 bits per heavy atom. The van der Waals surface area contributed by atoms with Gasteiger partial charge >= 0.3 is 6.18 Å². The minimum Gasteiger partial charge on any atom is -0.381 e. The van der Waals surface area contributed by atoms with Gasteiger partial charge in [-0.1, -0.05) is 18.2 Å². The van der Waals surface area contributed by atoms with E-state index in [4.69, 9.17) is 0 Å². The normalized spacial score (nSPS) is 16.0. The van der Waals surface area contributed by atoms with Gasteiger partial charge < -0.3 is 16.0 Å². The van der Waals surface area contributed by atoms with Crippen LogP contribution >= 0.6 is 0 Å². The first-order valence-electron chi connectivity index (χ1n) is 15.9. The van der Waals surface area contributed by atoms with E-state index in [0.717, 1.165) is 10.6 Å². The number of fused-ring (bicyclic) bond motifs is 1. The lowest BCUT2D eigenvalue weighted by Gasteiger charge is -2.27. The zero-order valence-electron chi connectivity index (χ0n) is 27.9. The van der Waals surface area contributed by atoms with E-state index >= 15 is 4.39 Å². The number of amides is 4. The van der Waals surface area contributed by atoms with Crippen molar-refractivity contribution < 1.29 is 45.2 Å². The molecule has 19 heteroatoms. The van der Waals surface area contributed by atoms with E-state index in [0.29, 0.717) is 33.7 Å². The van der Waals surface area contributed by atoms with Crippen LogP contribution < -0.4 is 25.6 Å². The molecule has 1 aromatic heterocycles. The number of aromatic nitrogens is 2. The molecule has 4 N–H and O–H groups in total. The number of hydrogen-bond acceptors (Lipinski definition) is 11. The largest absolute Gasteiger partial charge is 0.421 e. The van der Waals surface area contributed by atoms with Gasteiger partial charge in [-0.15, -0.1) is 0 Å². The first kappa shape index (κ1) is 36.7. The molecule has 1 atom stereocenters. The van der Waals surface area contributed by atoms with Crippen molar-refractivity contribution in [2.75, 3.05) is 33.6 Å². The first-order valence-corrected chi connectivity index (χ1v) is 17.7. The van der Waals surface area contributed by atoms with Gasteiger partial charge in [0.05, 0.1) is 23.1 Å². The van der Waals surface area contributed by atoms with Crippen molar-refractivity contribution in [3.63, 3.8) is 0 Å². The molecule has 53 heavy (non-hydrogen) atoms. The summed E-state index contributed by atoms with van der Waals surface area (Å²) >= 11 is 0. The Hall–Kier alpha value is -6.11. The third kappa shape index (κ3) is 7.74. The number of piperidine rings is 1. The monoisotopic (exact) mass is 754 g/mol. The van der Waals surface area contributed by atoms with Gasteiger partial charge in [0.25, 0.3) is 11.8 Å². The van der Waals surface area contributed by atoms with E-state index in [2.05, 4.69) is 31.2 Å². The number of halogens is 4. The highest BCUT2D eigenvalue weighted by molar-refractivity contribution is 7.92. The molecule has 14 nitrogen and oxygen atoms in total. The summed E-state index contributed by atoms with van der Waals surface area (Å²) in [6.45, 7) is -0.213. The van der Waals surface area contributed by atoms with Crippen LogP contribution in [-0.4, -0.2) is 66.3 Å². The van der Waals surface area contributed by atoms with Crippen LogP contribution in [0.15, 0.2) is 66.9 Å². The summed E-state index contributed by atoms with van der Waals surface area (Å²) in [6.07, 6.45) is -3.25. The molecular weight excluding hydrogens is 724 g/mol. The fourth-order valence-electron chi connectivity index (χ4n) is 5.72. The predicted molar refractivity (Wildman–Crippen MR) is 184 cm³/mol. The fraction of sp³-hybridized carbons (Fsp3) is 0.235. The summed E-state index contributed by atoms with van der Waals surface area (Å²) in [6, 6.07) is 14.0. The number of sulfonamides is 1. The fourth-order valence-corrected chi connectivity index (χ4v) is 6.22. The highest BCUT2D eigenvalue weighted by atomic mass is 32.2. The standard InChI is InChI=1S/C34H30F4N8O6S/c1-45(53(2,51)52)22-5-3-4-18(14-22)15-40-29-24(34(36,37)38)17-41-33(44-29)42-21-9-7-20(8-10-21)39-16-19-6-11-23-27(28(19)35)32(50)46(31(23)49)25-12-13-26(47)43-30(25)48/h3-11,14,17,25,39H,12-13,15-16H2,1-2H3,(H,43,47,48)(H2,40,41,42,44). The molecule has 2 aliphatic heterocycles. The maximum Gasteiger partial charge on any atom is 0.421 e. The quantitative estimate of drug-likeness (QED) is 0.126. The molecule has 1 unspecified atom stereocenters. The van der Waals surface area contributed by atoms with E-state index < -0.39 is 68.6 Å². The number of alkyl halides is 3. The predicted octanol–water partition coefficient (Wildman–Crippen LogP) is 4.40. The third-order valence-electron chi connectivity index (χ3n) is 8.58. The third-order valence-corrected chi connectivity index (χ3v) is 9.78. The number of hydrogen-bond donors (Lipinski definition) is 4. The van der Waals surface area contributed by atoms with Gasteiger partial charge in [-0.05, 0) is 54.4 Å². The lowest BCUT2D eigenvalue weighted by atomic mass is 10.0. The molecule has 0 aliphatic carbocycles. The van der Waals surface area contributed by atoms with E-state index in [1.807, 2.05) is 0 Å². The molecule has 276 valence electrons. The minimum atomic E-state index is -4.78. The maximum atomic E-state index is 15.6. The Kier molecular flexibility index (Phi) is 9.78. The van der Waals surface area contributed by atoms with E-state index in [1.54, 1.807) is 42.5 Å². The summed E-state index contributed by atoms with van der Waals surface area (Å²) in [4.78, 5) is 58.4. The number of rotatable bonds is 11. The molecule has 3 heterocycles. The van der Waals surface area contributed by atoms with E-state index in [1.165, 1.54) is 25.2 Å². The van der Waals surface area contributed by atoms with Crippen molar-refractivity contribution in [1.29, 1.82) is 0 Å². The number of carbonyl (C=O) groups is 4. The van der Waals surface area contributed by atoms with Crippen molar-refractivity contribution in [1.82, 2.24) is 20.2 Å². The van der Waals surface area contributed by atoms with Gasteiger partial charge in [0.1, 0.15) is 23.2 Å². The average molecular weight is 755 g/mol. The van der Waals surface area contributed by atoms with Gasteiger partial charge in [0, 0.05) is 49.7 Å². The Labute approximate surface area is 299 Å². The van der Waals surface area contributed by atoms with Gasteiger partial charge in [-0.2, -0.15) is 18.2 Å². The topological polar surface area (TPSA) is 183 Å². The maximum absolute atomic E-state index is 15.6. The van der Waals surface area contributed by atoms with Crippen LogP contribution in [0.25, 0.3) is 0 Å². The highest BCUT2D eigenvalue weighted by Crippen LogP contribution is 2.35. The second-order valence-corrected chi connectivity index (χ2v) is 14.2. The summed E-state index contributed by atoms with van der Waals surface area (Å²) in [7, 11) is -2.20. The zero-order valence-corrected chi connectivity index (χ0v) is 28.7. The summed E-state index contributed by atoms with van der Waals surface area (Å²) < 4.78 is 81.9. The number of carbonyl (C=O) groups excluding carboxylic acids is 4. The number of nitrogens with one attached hydrogen (secondary N) is 4. The van der Waals surface area contributed by atoms with Gasteiger partial charge in [-0.3, -0.25) is 33.7 Å². The molecular formula is C34H30F4N8O6S. The number of benzene rings is 3. The van der Waals surface area contributed by atoms with Crippen molar-refractivity contribution in [2.24, 2.45) is 0 Å². The molecule has 0 spiro atoms. The van der Waals surface area contributed by atoms with Crippen LogP contribution in [0.1, 0.15) is 50.2 Å². The Morgan fingerprint density at radius 1 is 0.962 bits per heavy atom. The second-order valence-electron chi connectivity index (χ2n) is 12.2. The molecule has 4 amide bonds. The molecule has 6 rings (SSSR count). The Balaban J connectivity index is 1.11. The zero-order chi connectivity index (χ0) is 38.2. The minimum absolute atomic E-state index is 0.0598. The van der Waals surface area contributed by atoms with Crippen molar-refractivity contribution in [3.8, 4) is 0 Å². The van der Waals surface area contributed by atoms with Gasteiger partial charge in [0.15, 0.2) is 0 Å². The Bertz CT molecular complexity index is 2250. The van der Waals surface area contributed by atoms with Crippen LogP contribution in [0.4, 0.5) is 46.4 Å². The first-order chi connectivity index (χ1) is 25.0. The van der Waals surface area contributed by atoms with E-state index in [-0.39, 0.29) is 43.0 Å². The SMILES string of the molecule is CN(c1cccc(CNc2nc(Nc3ccc(NCc4ccc5c(c4F)C(=O)N(C4CCC(=O)NC4=O)C5=O)cc3)ncc2C(F)(F)F)c1)S(C)(=O)=O. The smallest absolute Gasteiger partial charge is 0.381 e. The molecule has 2 aliphatic rings. The van der Waals surface area contributed by atoms with Crippen LogP contribution in [0, 0.1) is 5.82 Å². The molecule has 0 bridgehead atoms. The molecule has 1 fully saturated rings. The lowest BCUT2D eigenvalue weighted by molar-refractivity contribution is -0.138. The average Bonchev–Trinajstić information content (AvgIpc) is 3.35. The summed E-state index contributed by atoms with van der Waals surface area (Å²) in [5, 5.41) is 10.6. The van der Waals surface area contributed by atoms with Crippen LogP contribution in [0.5, 0.6) is 0 Å². The summed E-state index contributed by atoms with van der Waals surface area (Å²) in [5.41, 5.74) is 0.0279.